The number of nitrogens with one attached hydrogen (secondary N) is 3. The zero-order valence-corrected chi connectivity index (χ0v) is 19.4. The van der Waals surface area contributed by atoms with Crippen molar-refractivity contribution in [1.29, 1.82) is 0 Å². The van der Waals surface area contributed by atoms with E-state index in [0.717, 1.165) is 11.3 Å². The van der Waals surface area contributed by atoms with Crippen LogP contribution in [0.3, 0.4) is 0 Å². The number of aromatic nitrogens is 3. The fraction of sp³-hybridized carbons (Fsp3) is 0.0909. The third-order valence-electron chi connectivity index (χ3n) is 4.38. The molecule has 0 saturated heterocycles. The SMILES string of the molecule is Cc1nc(Nc2ccc(Cl)cc2)cc(Nc2ncc(C(=O)Nc3c(C)cccc3Cl)s2)n1. The molecule has 2 heterocycles. The van der Waals surface area contributed by atoms with E-state index < -0.39 is 0 Å². The summed E-state index contributed by atoms with van der Waals surface area (Å²) in [6, 6.07) is 14.5. The first-order chi connectivity index (χ1) is 15.4. The highest BCUT2D eigenvalue weighted by Gasteiger charge is 2.14. The van der Waals surface area contributed by atoms with Crippen LogP contribution in [-0.2, 0) is 0 Å². The van der Waals surface area contributed by atoms with Gasteiger partial charge >= 0.3 is 0 Å². The molecule has 0 aliphatic heterocycles. The topological polar surface area (TPSA) is 91.8 Å². The number of rotatable bonds is 6. The van der Waals surface area contributed by atoms with Gasteiger partial charge in [-0.15, -0.1) is 0 Å². The van der Waals surface area contributed by atoms with E-state index in [4.69, 9.17) is 23.2 Å². The summed E-state index contributed by atoms with van der Waals surface area (Å²) in [6.45, 7) is 3.68. The molecule has 2 aromatic heterocycles. The zero-order chi connectivity index (χ0) is 22.7. The Balaban J connectivity index is 1.47. The molecule has 2 aromatic carbocycles. The summed E-state index contributed by atoms with van der Waals surface area (Å²) in [6.07, 6.45) is 1.51. The van der Waals surface area contributed by atoms with E-state index in [1.54, 1.807) is 31.2 Å². The standard InChI is InChI=1S/C22H18Cl2N6OS/c1-12-4-3-5-16(24)20(12)30-21(31)17-11-25-22(32-17)29-19-10-18(26-13(2)27-19)28-15-8-6-14(23)7-9-15/h3-11H,1-2H3,(H,30,31)(H2,25,26,27,28,29). The molecule has 0 fully saturated rings. The summed E-state index contributed by atoms with van der Waals surface area (Å²) >= 11 is 13.4. The first-order valence-electron chi connectivity index (χ1n) is 9.55. The van der Waals surface area contributed by atoms with E-state index in [1.807, 2.05) is 31.2 Å². The van der Waals surface area contributed by atoms with Gasteiger partial charge in [-0.2, -0.15) is 0 Å². The van der Waals surface area contributed by atoms with E-state index in [0.29, 0.717) is 43.2 Å². The van der Waals surface area contributed by atoms with E-state index in [9.17, 15) is 4.79 Å². The molecule has 0 aliphatic rings. The number of benzene rings is 2. The number of para-hydroxylation sites is 1. The number of halogens is 2. The maximum absolute atomic E-state index is 12.6. The monoisotopic (exact) mass is 484 g/mol. The molecule has 0 aliphatic carbocycles. The summed E-state index contributed by atoms with van der Waals surface area (Å²) in [7, 11) is 0. The van der Waals surface area contributed by atoms with Gasteiger partial charge < -0.3 is 16.0 Å². The minimum atomic E-state index is -0.282. The van der Waals surface area contributed by atoms with Crippen LogP contribution in [0.2, 0.25) is 10.0 Å². The van der Waals surface area contributed by atoms with Crippen LogP contribution in [0.15, 0.2) is 54.7 Å². The van der Waals surface area contributed by atoms with Crippen molar-refractivity contribution >= 4 is 68.6 Å². The second-order valence-corrected chi connectivity index (χ2v) is 8.73. The third-order valence-corrected chi connectivity index (χ3v) is 5.86. The third kappa shape index (κ3) is 5.34. The fourth-order valence-corrected chi connectivity index (χ4v) is 4.00. The van der Waals surface area contributed by atoms with Gasteiger partial charge in [-0.25, -0.2) is 15.0 Å². The normalized spacial score (nSPS) is 10.6. The maximum Gasteiger partial charge on any atom is 0.267 e. The molecule has 0 bridgehead atoms. The zero-order valence-electron chi connectivity index (χ0n) is 17.1. The lowest BCUT2D eigenvalue weighted by Gasteiger charge is -2.09. The molecule has 0 spiro atoms. The smallest absolute Gasteiger partial charge is 0.267 e. The lowest BCUT2D eigenvalue weighted by molar-refractivity contribution is 0.103. The predicted molar refractivity (Wildman–Crippen MR) is 131 cm³/mol. The van der Waals surface area contributed by atoms with Gasteiger partial charge in [0.15, 0.2) is 5.13 Å². The Morgan fingerprint density at radius 2 is 1.69 bits per heavy atom. The van der Waals surface area contributed by atoms with Crippen LogP contribution in [0.4, 0.5) is 28.1 Å². The Kier molecular flexibility index (Phi) is 6.55. The number of aryl methyl sites for hydroxylation is 2. The summed E-state index contributed by atoms with van der Waals surface area (Å²) < 4.78 is 0. The molecule has 0 unspecified atom stereocenters. The number of hydrogen-bond donors (Lipinski definition) is 3. The Labute approximate surface area is 198 Å². The first kappa shape index (κ1) is 22.0. The quantitative estimate of drug-likeness (QED) is 0.285. The number of thiazole rings is 1. The number of nitrogens with zero attached hydrogens (tertiary/aromatic N) is 3. The summed E-state index contributed by atoms with van der Waals surface area (Å²) in [5.41, 5.74) is 2.32. The van der Waals surface area contributed by atoms with Crippen molar-refractivity contribution in [3.63, 3.8) is 0 Å². The van der Waals surface area contributed by atoms with Crippen LogP contribution >= 0.6 is 34.5 Å². The second kappa shape index (κ2) is 9.52. The van der Waals surface area contributed by atoms with Crippen molar-refractivity contribution in [3.05, 3.63) is 81.0 Å². The van der Waals surface area contributed by atoms with E-state index >= 15 is 0 Å². The van der Waals surface area contributed by atoms with Crippen molar-refractivity contribution in [2.24, 2.45) is 0 Å². The first-order valence-corrected chi connectivity index (χ1v) is 11.1. The van der Waals surface area contributed by atoms with Crippen LogP contribution in [0.1, 0.15) is 21.1 Å². The van der Waals surface area contributed by atoms with Crippen LogP contribution < -0.4 is 16.0 Å². The molecule has 1 amide bonds. The van der Waals surface area contributed by atoms with Gasteiger partial charge in [-0.3, -0.25) is 4.79 Å². The van der Waals surface area contributed by atoms with Gasteiger partial charge in [-0.05, 0) is 49.7 Å². The van der Waals surface area contributed by atoms with E-state index in [1.165, 1.54) is 17.5 Å². The lowest BCUT2D eigenvalue weighted by Crippen LogP contribution is -2.11. The number of carbonyl (C=O) groups is 1. The van der Waals surface area contributed by atoms with Crippen molar-refractivity contribution < 1.29 is 4.79 Å². The molecule has 4 rings (SSSR count). The van der Waals surface area contributed by atoms with Crippen LogP contribution in [0, 0.1) is 13.8 Å². The van der Waals surface area contributed by atoms with Gasteiger partial charge in [0.25, 0.3) is 5.91 Å². The van der Waals surface area contributed by atoms with Crippen molar-refractivity contribution in [3.8, 4) is 0 Å². The maximum atomic E-state index is 12.6. The molecular weight excluding hydrogens is 467 g/mol. The highest BCUT2D eigenvalue weighted by molar-refractivity contribution is 7.17. The largest absolute Gasteiger partial charge is 0.340 e. The lowest BCUT2D eigenvalue weighted by atomic mass is 10.2. The Morgan fingerprint density at radius 3 is 2.41 bits per heavy atom. The Bertz CT molecular complexity index is 1260. The molecule has 0 saturated carbocycles. The highest BCUT2D eigenvalue weighted by atomic mass is 35.5. The van der Waals surface area contributed by atoms with E-state index in [2.05, 4.69) is 30.9 Å². The summed E-state index contributed by atoms with van der Waals surface area (Å²) in [4.78, 5) is 26.2. The molecule has 3 N–H and O–H groups in total. The number of carbonyl (C=O) groups excluding carboxylic acids is 1. The van der Waals surface area contributed by atoms with Gasteiger partial charge in [0.05, 0.1) is 16.9 Å². The number of amides is 1. The summed E-state index contributed by atoms with van der Waals surface area (Å²) in [5, 5.41) is 10.9. The molecule has 0 atom stereocenters. The van der Waals surface area contributed by atoms with Crippen LogP contribution in [0.5, 0.6) is 0 Å². The number of anilines is 5. The predicted octanol–water partition coefficient (Wildman–Crippen LogP) is 6.60. The van der Waals surface area contributed by atoms with Gasteiger partial charge in [0.1, 0.15) is 22.3 Å². The average molecular weight is 485 g/mol. The summed E-state index contributed by atoms with van der Waals surface area (Å²) in [5.74, 6) is 1.47. The van der Waals surface area contributed by atoms with Gasteiger partial charge in [0, 0.05) is 16.8 Å². The molecule has 0 radical (unpaired) electrons. The Morgan fingerprint density at radius 1 is 0.969 bits per heavy atom. The van der Waals surface area contributed by atoms with Crippen molar-refractivity contribution in [2.75, 3.05) is 16.0 Å². The van der Waals surface area contributed by atoms with Gasteiger partial charge in [0.2, 0.25) is 0 Å². The molecule has 4 aromatic rings. The molecular formula is C22H18Cl2N6OS. The average Bonchev–Trinajstić information content (AvgIpc) is 3.20. The van der Waals surface area contributed by atoms with Gasteiger partial charge in [-0.1, -0.05) is 46.7 Å². The highest BCUT2D eigenvalue weighted by Crippen LogP contribution is 2.28. The van der Waals surface area contributed by atoms with Crippen molar-refractivity contribution in [1.82, 2.24) is 15.0 Å². The minimum Gasteiger partial charge on any atom is -0.340 e. The molecule has 7 nitrogen and oxygen atoms in total. The second-order valence-electron chi connectivity index (χ2n) is 6.86. The number of hydrogen-bond acceptors (Lipinski definition) is 7. The van der Waals surface area contributed by atoms with Crippen LogP contribution in [-0.4, -0.2) is 20.9 Å². The Hall–Kier alpha value is -3.20. The van der Waals surface area contributed by atoms with Crippen LogP contribution in [0.25, 0.3) is 0 Å². The molecule has 162 valence electrons. The van der Waals surface area contributed by atoms with E-state index in [-0.39, 0.29) is 5.91 Å². The molecule has 10 heteroatoms. The molecule has 32 heavy (non-hydrogen) atoms. The van der Waals surface area contributed by atoms with Crippen molar-refractivity contribution in [2.45, 2.75) is 13.8 Å². The fourth-order valence-electron chi connectivity index (χ4n) is 2.89. The minimum absolute atomic E-state index is 0.282.